The zero-order valence-electron chi connectivity index (χ0n) is 9.30. The number of aryl methyl sites for hydroxylation is 1. The molecule has 84 valence electrons. The minimum Gasteiger partial charge on any atom is -0.397 e. The molecule has 0 aromatic heterocycles. The Hall–Kier alpha value is -1.58. The molecule has 4 heteroatoms. The number of hydrogen-bond acceptors (Lipinski definition) is 2. The maximum absolute atomic E-state index is 12.8. The van der Waals surface area contributed by atoms with E-state index in [1.165, 1.54) is 12.1 Å². The summed E-state index contributed by atoms with van der Waals surface area (Å²) < 4.78 is 12.8. The normalized spacial score (nSPS) is 8.80. The minimum atomic E-state index is -0.384. The fourth-order valence-electron chi connectivity index (χ4n) is 1.20. The van der Waals surface area contributed by atoms with Gasteiger partial charge in [0.1, 0.15) is 5.82 Å². The van der Waals surface area contributed by atoms with E-state index in [4.69, 9.17) is 5.73 Å². The maximum Gasteiger partial charge on any atom is 0.211 e. The lowest BCUT2D eigenvalue weighted by Crippen LogP contribution is -2.03. The van der Waals surface area contributed by atoms with Crippen LogP contribution in [0.4, 0.5) is 15.8 Å². The molecule has 3 nitrogen and oxygen atoms in total. The molecule has 1 aromatic rings. The van der Waals surface area contributed by atoms with Crippen LogP contribution in [0.5, 0.6) is 0 Å². The molecule has 0 aliphatic rings. The Morgan fingerprint density at radius 3 is 2.53 bits per heavy atom. The van der Waals surface area contributed by atoms with Crippen molar-refractivity contribution >= 4 is 17.8 Å². The first kappa shape index (κ1) is 13.4. The van der Waals surface area contributed by atoms with Gasteiger partial charge in [0.15, 0.2) is 0 Å². The average molecular weight is 212 g/mol. The van der Waals surface area contributed by atoms with Crippen LogP contribution in [0.1, 0.15) is 26.3 Å². The van der Waals surface area contributed by atoms with E-state index in [2.05, 4.69) is 5.32 Å². The lowest BCUT2D eigenvalue weighted by Gasteiger charge is -2.09. The van der Waals surface area contributed by atoms with Crippen molar-refractivity contribution in [1.82, 2.24) is 0 Å². The Bertz CT molecular complexity index is 327. The summed E-state index contributed by atoms with van der Waals surface area (Å²) in [5, 5.41) is 2.45. The van der Waals surface area contributed by atoms with Crippen molar-refractivity contribution < 1.29 is 9.18 Å². The van der Waals surface area contributed by atoms with Crippen LogP contribution in [0.3, 0.4) is 0 Å². The first-order valence-corrected chi connectivity index (χ1v) is 4.97. The van der Waals surface area contributed by atoms with E-state index in [-0.39, 0.29) is 11.5 Å². The molecule has 1 aromatic carbocycles. The van der Waals surface area contributed by atoms with Crippen LogP contribution in [0.15, 0.2) is 12.1 Å². The molecule has 3 N–H and O–H groups in total. The maximum atomic E-state index is 12.8. The minimum absolute atomic E-state index is 0.254. The number of rotatable bonds is 3. The SMILES string of the molecule is CC.CCc1cc(F)cc(N)c1NC=O. The first-order chi connectivity index (χ1) is 7.19. The van der Waals surface area contributed by atoms with Crippen LogP contribution in [-0.2, 0) is 11.2 Å². The molecular weight excluding hydrogens is 195 g/mol. The second-order valence-electron chi connectivity index (χ2n) is 2.64. The highest BCUT2D eigenvalue weighted by Crippen LogP contribution is 2.24. The summed E-state index contributed by atoms with van der Waals surface area (Å²) in [7, 11) is 0. The van der Waals surface area contributed by atoms with Crippen LogP contribution in [0.2, 0.25) is 0 Å². The predicted octanol–water partition coefficient (Wildman–Crippen LogP) is 2.56. The summed E-state index contributed by atoms with van der Waals surface area (Å²) in [6.07, 6.45) is 1.15. The molecule has 0 aliphatic carbocycles. The van der Waals surface area contributed by atoms with E-state index < -0.39 is 0 Å². The Morgan fingerprint density at radius 1 is 1.47 bits per heavy atom. The lowest BCUT2D eigenvalue weighted by molar-refractivity contribution is -0.105. The van der Waals surface area contributed by atoms with Gasteiger partial charge in [-0.1, -0.05) is 20.8 Å². The van der Waals surface area contributed by atoms with E-state index in [0.29, 0.717) is 24.1 Å². The Labute approximate surface area is 89.5 Å². The number of nitrogens with two attached hydrogens (primary N) is 1. The van der Waals surface area contributed by atoms with Gasteiger partial charge in [-0.25, -0.2) is 4.39 Å². The van der Waals surface area contributed by atoms with Gasteiger partial charge in [0.2, 0.25) is 6.41 Å². The molecule has 0 unspecified atom stereocenters. The summed E-state index contributed by atoms with van der Waals surface area (Å²) in [6, 6.07) is 2.55. The largest absolute Gasteiger partial charge is 0.397 e. The van der Waals surface area contributed by atoms with Gasteiger partial charge in [0.25, 0.3) is 0 Å². The fraction of sp³-hybridized carbons (Fsp3) is 0.364. The monoisotopic (exact) mass is 212 g/mol. The van der Waals surface area contributed by atoms with Crippen LogP contribution in [-0.4, -0.2) is 6.41 Å². The van der Waals surface area contributed by atoms with Gasteiger partial charge in [-0.05, 0) is 24.1 Å². The number of hydrogen-bond donors (Lipinski definition) is 2. The van der Waals surface area contributed by atoms with Crippen molar-refractivity contribution in [3.8, 4) is 0 Å². The highest BCUT2D eigenvalue weighted by atomic mass is 19.1. The number of amides is 1. The third kappa shape index (κ3) is 3.58. The van der Waals surface area contributed by atoms with Gasteiger partial charge in [-0.15, -0.1) is 0 Å². The summed E-state index contributed by atoms with van der Waals surface area (Å²) >= 11 is 0. The smallest absolute Gasteiger partial charge is 0.211 e. The Balaban J connectivity index is 0.000000921. The zero-order valence-corrected chi connectivity index (χ0v) is 9.30. The third-order valence-corrected chi connectivity index (χ3v) is 1.80. The van der Waals surface area contributed by atoms with Crippen molar-refractivity contribution in [3.63, 3.8) is 0 Å². The van der Waals surface area contributed by atoms with E-state index in [9.17, 15) is 9.18 Å². The molecule has 15 heavy (non-hydrogen) atoms. The average Bonchev–Trinajstić information content (AvgIpc) is 2.24. The molecule has 0 radical (unpaired) electrons. The topological polar surface area (TPSA) is 55.1 Å². The number of carbonyl (C=O) groups excluding carboxylic acids is 1. The number of anilines is 2. The van der Waals surface area contributed by atoms with Gasteiger partial charge < -0.3 is 11.1 Å². The third-order valence-electron chi connectivity index (χ3n) is 1.80. The summed E-state index contributed by atoms with van der Waals surface area (Å²) in [5.74, 6) is -0.384. The quantitative estimate of drug-likeness (QED) is 0.597. The van der Waals surface area contributed by atoms with E-state index in [1.54, 1.807) is 0 Å². The van der Waals surface area contributed by atoms with Gasteiger partial charge >= 0.3 is 0 Å². The van der Waals surface area contributed by atoms with Gasteiger partial charge in [0, 0.05) is 0 Å². The van der Waals surface area contributed by atoms with Gasteiger partial charge in [0.05, 0.1) is 11.4 Å². The molecule has 0 aliphatic heterocycles. The van der Waals surface area contributed by atoms with Crippen molar-refractivity contribution in [3.05, 3.63) is 23.5 Å². The molecule has 0 bridgehead atoms. The van der Waals surface area contributed by atoms with Gasteiger partial charge in [-0.3, -0.25) is 4.79 Å². The molecule has 0 fully saturated rings. The van der Waals surface area contributed by atoms with Crippen molar-refractivity contribution in [1.29, 1.82) is 0 Å². The van der Waals surface area contributed by atoms with Crippen molar-refractivity contribution in [2.45, 2.75) is 27.2 Å². The van der Waals surface area contributed by atoms with Crippen molar-refractivity contribution in [2.24, 2.45) is 0 Å². The van der Waals surface area contributed by atoms with Crippen LogP contribution in [0, 0.1) is 5.82 Å². The number of nitrogens with one attached hydrogen (secondary N) is 1. The number of carbonyl (C=O) groups is 1. The zero-order chi connectivity index (χ0) is 11.8. The molecule has 0 heterocycles. The van der Waals surface area contributed by atoms with Gasteiger partial charge in [-0.2, -0.15) is 0 Å². The van der Waals surface area contributed by atoms with Crippen LogP contribution in [0.25, 0.3) is 0 Å². The second kappa shape index (κ2) is 6.81. The number of nitrogen functional groups attached to an aromatic ring is 1. The Kier molecular flexibility index (Phi) is 6.09. The second-order valence-corrected chi connectivity index (χ2v) is 2.64. The molecule has 1 amide bonds. The molecule has 0 saturated heterocycles. The Morgan fingerprint density at radius 2 is 2.07 bits per heavy atom. The number of benzene rings is 1. The summed E-state index contributed by atoms with van der Waals surface area (Å²) in [6.45, 7) is 5.87. The summed E-state index contributed by atoms with van der Waals surface area (Å²) in [5.41, 5.74) is 6.97. The highest BCUT2D eigenvalue weighted by Gasteiger charge is 2.06. The molecule has 0 atom stereocenters. The summed E-state index contributed by atoms with van der Waals surface area (Å²) in [4.78, 5) is 10.2. The predicted molar refractivity (Wildman–Crippen MR) is 61.2 cm³/mol. The van der Waals surface area contributed by atoms with E-state index in [0.717, 1.165) is 0 Å². The molecule has 0 saturated carbocycles. The van der Waals surface area contributed by atoms with Crippen molar-refractivity contribution in [2.75, 3.05) is 11.1 Å². The fourth-order valence-corrected chi connectivity index (χ4v) is 1.20. The van der Waals surface area contributed by atoms with E-state index in [1.807, 2.05) is 20.8 Å². The van der Waals surface area contributed by atoms with E-state index >= 15 is 0 Å². The first-order valence-electron chi connectivity index (χ1n) is 4.97. The highest BCUT2D eigenvalue weighted by molar-refractivity contribution is 5.82. The molecule has 0 spiro atoms. The molecular formula is C11H17FN2O. The van der Waals surface area contributed by atoms with Crippen LogP contribution >= 0.6 is 0 Å². The lowest BCUT2D eigenvalue weighted by atomic mass is 10.1. The number of halogens is 1. The van der Waals surface area contributed by atoms with Crippen LogP contribution < -0.4 is 11.1 Å². The standard InChI is InChI=1S/C9H11FN2O.C2H6/c1-2-6-3-7(10)4-8(11)9(6)12-5-13;1-2/h3-5H,2,11H2,1H3,(H,12,13);1-2H3. The molecule has 1 rings (SSSR count).